The van der Waals surface area contributed by atoms with Gasteiger partial charge in [0.1, 0.15) is 11.9 Å². The lowest BCUT2D eigenvalue weighted by molar-refractivity contribution is 0.629. The summed E-state index contributed by atoms with van der Waals surface area (Å²) in [5.74, 6) is 0.191. The second-order valence-electron chi connectivity index (χ2n) is 4.61. The molecule has 0 amide bonds. The van der Waals surface area contributed by atoms with Gasteiger partial charge in [-0.2, -0.15) is 5.26 Å². The SMILES string of the molecule is N#Cc1c(CSc2ccc(N)c(F)c2)cn2ccccc12. The molecule has 0 atom stereocenters. The fourth-order valence-corrected chi connectivity index (χ4v) is 3.07. The molecule has 0 spiro atoms. The number of hydrogen-bond donors (Lipinski definition) is 1. The summed E-state index contributed by atoms with van der Waals surface area (Å²) in [5, 5.41) is 9.33. The summed E-state index contributed by atoms with van der Waals surface area (Å²) < 4.78 is 15.4. The standard InChI is InChI=1S/C16H12FN3S/c17-14-7-12(4-5-15(14)19)21-10-11-9-20-6-2-1-3-16(20)13(11)8-18/h1-7,9H,10,19H2. The summed E-state index contributed by atoms with van der Waals surface area (Å²) in [4.78, 5) is 0.792. The molecule has 104 valence electrons. The van der Waals surface area contributed by atoms with Crippen LogP contribution in [0.4, 0.5) is 10.1 Å². The van der Waals surface area contributed by atoms with Crippen molar-refractivity contribution in [3.63, 3.8) is 0 Å². The van der Waals surface area contributed by atoms with E-state index >= 15 is 0 Å². The average molecular weight is 297 g/mol. The largest absolute Gasteiger partial charge is 0.396 e. The Morgan fingerprint density at radius 1 is 1.29 bits per heavy atom. The molecule has 0 aliphatic carbocycles. The minimum Gasteiger partial charge on any atom is -0.396 e. The van der Waals surface area contributed by atoms with Gasteiger partial charge in [-0.3, -0.25) is 0 Å². The van der Waals surface area contributed by atoms with E-state index in [1.165, 1.54) is 17.8 Å². The summed E-state index contributed by atoms with van der Waals surface area (Å²) in [6, 6.07) is 12.7. The molecule has 3 aromatic rings. The number of hydrogen-bond acceptors (Lipinski definition) is 3. The number of nitrogens with zero attached hydrogens (tertiary/aromatic N) is 2. The molecule has 0 unspecified atom stereocenters. The first-order valence-electron chi connectivity index (χ1n) is 6.35. The lowest BCUT2D eigenvalue weighted by Gasteiger charge is -2.02. The number of benzene rings is 1. The first-order chi connectivity index (χ1) is 10.2. The smallest absolute Gasteiger partial charge is 0.147 e. The van der Waals surface area contributed by atoms with Gasteiger partial charge in [0, 0.05) is 23.0 Å². The second kappa shape index (κ2) is 5.51. The number of nitriles is 1. The molecule has 0 aliphatic heterocycles. The molecule has 0 aliphatic rings. The van der Waals surface area contributed by atoms with Crippen molar-refractivity contribution in [3.05, 3.63) is 65.7 Å². The number of anilines is 1. The topological polar surface area (TPSA) is 54.2 Å². The number of rotatable bonds is 3. The van der Waals surface area contributed by atoms with E-state index in [2.05, 4.69) is 6.07 Å². The Morgan fingerprint density at radius 3 is 2.90 bits per heavy atom. The molecule has 0 bridgehead atoms. The van der Waals surface area contributed by atoms with Crippen LogP contribution in [0, 0.1) is 17.1 Å². The Balaban J connectivity index is 1.88. The van der Waals surface area contributed by atoms with Crippen LogP contribution < -0.4 is 5.73 Å². The zero-order valence-electron chi connectivity index (χ0n) is 11.1. The zero-order valence-corrected chi connectivity index (χ0v) is 11.9. The summed E-state index contributed by atoms with van der Waals surface area (Å²) in [7, 11) is 0. The Morgan fingerprint density at radius 2 is 2.14 bits per heavy atom. The normalized spacial score (nSPS) is 10.7. The van der Waals surface area contributed by atoms with Gasteiger partial charge >= 0.3 is 0 Å². The maximum Gasteiger partial charge on any atom is 0.147 e. The quantitative estimate of drug-likeness (QED) is 0.590. The number of nitrogens with two attached hydrogens (primary N) is 1. The molecule has 0 saturated carbocycles. The summed E-state index contributed by atoms with van der Waals surface area (Å²) in [6.45, 7) is 0. The predicted octanol–water partition coefficient (Wildman–Crippen LogP) is 3.82. The number of nitrogen functional groups attached to an aromatic ring is 1. The molecule has 1 aromatic carbocycles. The number of fused-ring (bicyclic) bond motifs is 1. The highest BCUT2D eigenvalue weighted by atomic mass is 32.2. The third-order valence-corrected chi connectivity index (χ3v) is 4.28. The van der Waals surface area contributed by atoms with E-state index in [0.717, 1.165) is 16.0 Å². The number of aromatic nitrogens is 1. The van der Waals surface area contributed by atoms with Crippen LogP contribution in [-0.2, 0) is 5.75 Å². The van der Waals surface area contributed by atoms with Crippen LogP contribution in [0.25, 0.3) is 5.52 Å². The summed E-state index contributed by atoms with van der Waals surface area (Å²) in [5.41, 5.74) is 8.10. The Hall–Kier alpha value is -2.45. The number of halogens is 1. The fourth-order valence-electron chi connectivity index (χ4n) is 2.17. The molecule has 0 radical (unpaired) electrons. The number of thioether (sulfide) groups is 1. The third-order valence-electron chi connectivity index (χ3n) is 3.24. The van der Waals surface area contributed by atoms with Crippen LogP contribution in [0.1, 0.15) is 11.1 Å². The van der Waals surface area contributed by atoms with Gasteiger partial charge in [0.2, 0.25) is 0 Å². The molecular weight excluding hydrogens is 285 g/mol. The summed E-state index contributed by atoms with van der Waals surface area (Å²) in [6.07, 6.45) is 3.85. The second-order valence-corrected chi connectivity index (χ2v) is 5.66. The van der Waals surface area contributed by atoms with E-state index in [1.54, 1.807) is 12.1 Å². The minimum atomic E-state index is -0.414. The zero-order chi connectivity index (χ0) is 14.8. The molecule has 2 N–H and O–H groups in total. The van der Waals surface area contributed by atoms with Crippen molar-refractivity contribution < 1.29 is 4.39 Å². The van der Waals surface area contributed by atoms with Crippen LogP contribution >= 0.6 is 11.8 Å². The van der Waals surface area contributed by atoms with E-state index < -0.39 is 5.82 Å². The van der Waals surface area contributed by atoms with E-state index in [4.69, 9.17) is 5.73 Å². The first-order valence-corrected chi connectivity index (χ1v) is 7.34. The first kappa shape index (κ1) is 13.5. The molecule has 0 fully saturated rings. The van der Waals surface area contributed by atoms with Crippen molar-refractivity contribution in [3.8, 4) is 6.07 Å². The molecule has 2 aromatic heterocycles. The molecule has 0 saturated heterocycles. The van der Waals surface area contributed by atoms with Crippen molar-refractivity contribution in [1.82, 2.24) is 4.40 Å². The highest BCUT2D eigenvalue weighted by Gasteiger charge is 2.10. The van der Waals surface area contributed by atoms with Crippen molar-refractivity contribution in [1.29, 1.82) is 5.26 Å². The van der Waals surface area contributed by atoms with Crippen molar-refractivity contribution in [2.45, 2.75) is 10.6 Å². The van der Waals surface area contributed by atoms with Crippen molar-refractivity contribution >= 4 is 23.0 Å². The highest BCUT2D eigenvalue weighted by Crippen LogP contribution is 2.28. The molecule has 5 heteroatoms. The van der Waals surface area contributed by atoms with Gasteiger partial charge in [0.25, 0.3) is 0 Å². The van der Waals surface area contributed by atoms with E-state index in [-0.39, 0.29) is 5.69 Å². The minimum absolute atomic E-state index is 0.145. The van der Waals surface area contributed by atoms with Crippen LogP contribution in [-0.4, -0.2) is 4.40 Å². The maximum absolute atomic E-state index is 13.4. The molecular formula is C16H12FN3S. The summed E-state index contributed by atoms with van der Waals surface area (Å²) >= 11 is 1.48. The van der Waals surface area contributed by atoms with Gasteiger partial charge in [0.05, 0.1) is 16.8 Å². The van der Waals surface area contributed by atoms with Gasteiger partial charge in [-0.25, -0.2) is 4.39 Å². The lowest BCUT2D eigenvalue weighted by atomic mass is 10.2. The third kappa shape index (κ3) is 2.58. The van der Waals surface area contributed by atoms with Gasteiger partial charge in [-0.05, 0) is 35.9 Å². The Kier molecular flexibility index (Phi) is 3.55. The van der Waals surface area contributed by atoms with Crippen LogP contribution in [0.15, 0.2) is 53.7 Å². The van der Waals surface area contributed by atoms with Gasteiger partial charge < -0.3 is 10.1 Å². The number of pyridine rings is 1. The van der Waals surface area contributed by atoms with Gasteiger partial charge in [-0.15, -0.1) is 11.8 Å². The molecule has 3 rings (SSSR count). The van der Waals surface area contributed by atoms with Crippen LogP contribution in [0.2, 0.25) is 0 Å². The molecule has 3 nitrogen and oxygen atoms in total. The fraction of sp³-hybridized carbons (Fsp3) is 0.0625. The maximum atomic E-state index is 13.4. The Labute approximate surface area is 125 Å². The lowest BCUT2D eigenvalue weighted by Crippen LogP contribution is -1.90. The molecule has 21 heavy (non-hydrogen) atoms. The van der Waals surface area contributed by atoms with Gasteiger partial charge in [-0.1, -0.05) is 6.07 Å². The molecule has 2 heterocycles. The predicted molar refractivity (Wildman–Crippen MR) is 82.5 cm³/mol. The monoisotopic (exact) mass is 297 g/mol. The van der Waals surface area contributed by atoms with E-state index in [9.17, 15) is 9.65 Å². The Bertz CT molecular complexity index is 848. The van der Waals surface area contributed by atoms with Crippen LogP contribution in [0.3, 0.4) is 0 Å². The van der Waals surface area contributed by atoms with E-state index in [1.807, 2.05) is 35.0 Å². The van der Waals surface area contributed by atoms with Gasteiger partial charge in [0.15, 0.2) is 0 Å². The van der Waals surface area contributed by atoms with Crippen LogP contribution in [0.5, 0.6) is 0 Å². The average Bonchev–Trinajstić information content (AvgIpc) is 2.86. The highest BCUT2D eigenvalue weighted by molar-refractivity contribution is 7.98. The van der Waals surface area contributed by atoms with Crippen molar-refractivity contribution in [2.75, 3.05) is 5.73 Å². The van der Waals surface area contributed by atoms with E-state index in [0.29, 0.717) is 11.3 Å². The van der Waals surface area contributed by atoms with Crippen molar-refractivity contribution in [2.24, 2.45) is 0 Å².